The highest BCUT2D eigenvalue weighted by atomic mass is 16.5. The van der Waals surface area contributed by atoms with Gasteiger partial charge in [-0.05, 0) is 26.7 Å². The van der Waals surface area contributed by atoms with Crippen molar-refractivity contribution in [2.45, 2.75) is 38.8 Å². The minimum absolute atomic E-state index is 0.0309. The van der Waals surface area contributed by atoms with Crippen LogP contribution in [0.1, 0.15) is 26.7 Å². The minimum atomic E-state index is -1.02. The molecule has 0 aromatic rings. The maximum atomic E-state index is 11.7. The lowest BCUT2D eigenvalue weighted by Crippen LogP contribution is -2.48. The largest absolute Gasteiger partial charge is 0.480 e. The van der Waals surface area contributed by atoms with E-state index in [9.17, 15) is 9.59 Å². The molecule has 0 aliphatic rings. The van der Waals surface area contributed by atoms with Crippen LogP contribution >= 0.6 is 0 Å². The number of hydrogen-bond acceptors (Lipinski definition) is 3. The highest BCUT2D eigenvalue weighted by molar-refractivity contribution is 5.82. The second-order valence-corrected chi connectivity index (χ2v) is 4.18. The summed E-state index contributed by atoms with van der Waals surface area (Å²) in [4.78, 5) is 24.1. The van der Waals surface area contributed by atoms with E-state index < -0.39 is 12.0 Å². The molecular weight excluding hydrogens is 224 g/mol. The van der Waals surface area contributed by atoms with Gasteiger partial charge in [0.1, 0.15) is 6.04 Å². The molecule has 6 nitrogen and oxygen atoms in total. The van der Waals surface area contributed by atoms with Crippen molar-refractivity contribution in [3.8, 4) is 0 Å². The molecule has 0 spiro atoms. The smallest absolute Gasteiger partial charge is 0.326 e. The molecule has 6 heteroatoms. The Morgan fingerprint density at radius 2 is 2.00 bits per heavy atom. The lowest BCUT2D eigenvalue weighted by atomic mass is 10.1. The summed E-state index contributed by atoms with van der Waals surface area (Å²) in [6.07, 6.45) is 0.958. The molecule has 1 atom stereocenters. The van der Waals surface area contributed by atoms with Crippen LogP contribution in [0.5, 0.6) is 0 Å². The van der Waals surface area contributed by atoms with E-state index in [1.807, 2.05) is 13.8 Å². The summed E-state index contributed by atoms with van der Waals surface area (Å²) in [5.74, 6) is -1.02. The summed E-state index contributed by atoms with van der Waals surface area (Å²) in [6, 6.07) is -1.20. The standard InChI is InChI=1S/C11H22N2O4/c1-8(2)13(3)11(16)12-9(10(14)15)6-5-7-17-4/h8-9H,5-7H2,1-4H3,(H,12,16)(H,14,15). The lowest BCUT2D eigenvalue weighted by Gasteiger charge is -2.24. The molecule has 0 aromatic carbocycles. The van der Waals surface area contributed by atoms with Crippen LogP contribution in [-0.4, -0.2) is 54.9 Å². The average molecular weight is 246 g/mol. The predicted octanol–water partition coefficient (Wildman–Crippen LogP) is 0.916. The molecule has 0 fully saturated rings. The Balaban J connectivity index is 4.25. The van der Waals surface area contributed by atoms with Gasteiger partial charge in [0.05, 0.1) is 0 Å². The van der Waals surface area contributed by atoms with E-state index in [1.54, 1.807) is 14.2 Å². The topological polar surface area (TPSA) is 78.9 Å². The molecule has 0 saturated heterocycles. The summed E-state index contributed by atoms with van der Waals surface area (Å²) in [5, 5.41) is 11.5. The van der Waals surface area contributed by atoms with Crippen LogP contribution in [0.25, 0.3) is 0 Å². The van der Waals surface area contributed by atoms with E-state index >= 15 is 0 Å². The van der Waals surface area contributed by atoms with Crippen molar-refractivity contribution in [2.75, 3.05) is 20.8 Å². The Kier molecular flexibility index (Phi) is 7.29. The monoisotopic (exact) mass is 246 g/mol. The number of methoxy groups -OCH3 is 1. The number of aliphatic carboxylic acids is 1. The van der Waals surface area contributed by atoms with Crippen LogP contribution in [-0.2, 0) is 9.53 Å². The number of amides is 2. The maximum Gasteiger partial charge on any atom is 0.326 e. The Bertz CT molecular complexity index is 256. The van der Waals surface area contributed by atoms with Crippen LogP contribution < -0.4 is 5.32 Å². The molecule has 17 heavy (non-hydrogen) atoms. The summed E-state index contributed by atoms with van der Waals surface area (Å²) in [5.41, 5.74) is 0. The number of urea groups is 1. The molecule has 0 saturated carbocycles. The third-order valence-electron chi connectivity index (χ3n) is 2.53. The molecule has 2 N–H and O–H groups in total. The zero-order valence-corrected chi connectivity index (χ0v) is 10.9. The Labute approximate surface area is 102 Å². The van der Waals surface area contributed by atoms with Gasteiger partial charge < -0.3 is 20.1 Å². The van der Waals surface area contributed by atoms with Gasteiger partial charge in [-0.3, -0.25) is 0 Å². The Hall–Kier alpha value is -1.30. The molecule has 100 valence electrons. The van der Waals surface area contributed by atoms with Crippen LogP contribution in [0.3, 0.4) is 0 Å². The van der Waals surface area contributed by atoms with E-state index in [4.69, 9.17) is 9.84 Å². The lowest BCUT2D eigenvalue weighted by molar-refractivity contribution is -0.139. The maximum absolute atomic E-state index is 11.7. The molecular formula is C11H22N2O4. The van der Waals surface area contributed by atoms with Gasteiger partial charge in [0.25, 0.3) is 0 Å². The van der Waals surface area contributed by atoms with E-state index in [0.29, 0.717) is 19.4 Å². The number of ether oxygens (including phenoxy) is 1. The molecule has 0 bridgehead atoms. The Morgan fingerprint density at radius 1 is 1.41 bits per heavy atom. The van der Waals surface area contributed by atoms with E-state index in [1.165, 1.54) is 4.90 Å². The summed E-state index contributed by atoms with van der Waals surface area (Å²) in [6.45, 7) is 4.21. The fourth-order valence-corrected chi connectivity index (χ4v) is 1.17. The summed E-state index contributed by atoms with van der Waals surface area (Å²) >= 11 is 0. The fourth-order valence-electron chi connectivity index (χ4n) is 1.17. The van der Waals surface area contributed by atoms with Crippen molar-refractivity contribution in [1.82, 2.24) is 10.2 Å². The quantitative estimate of drug-likeness (QED) is 0.655. The predicted molar refractivity (Wildman–Crippen MR) is 64.0 cm³/mol. The van der Waals surface area contributed by atoms with Crippen molar-refractivity contribution in [3.63, 3.8) is 0 Å². The third kappa shape index (κ3) is 6.11. The molecule has 0 aromatic heterocycles. The van der Waals surface area contributed by atoms with Gasteiger partial charge in [-0.1, -0.05) is 0 Å². The van der Waals surface area contributed by atoms with Crippen molar-refractivity contribution >= 4 is 12.0 Å². The molecule has 1 unspecified atom stereocenters. The number of carbonyl (C=O) groups excluding carboxylic acids is 1. The molecule has 0 heterocycles. The number of rotatable bonds is 7. The number of carboxylic acid groups (broad SMARTS) is 1. The van der Waals surface area contributed by atoms with E-state index in [-0.39, 0.29) is 12.1 Å². The molecule has 2 amide bonds. The van der Waals surface area contributed by atoms with Crippen molar-refractivity contribution in [2.24, 2.45) is 0 Å². The molecule has 0 aliphatic heterocycles. The minimum Gasteiger partial charge on any atom is -0.480 e. The average Bonchev–Trinajstić information content (AvgIpc) is 2.26. The zero-order chi connectivity index (χ0) is 13.4. The summed E-state index contributed by atoms with van der Waals surface area (Å²) < 4.78 is 4.85. The van der Waals surface area contributed by atoms with Gasteiger partial charge in [-0.15, -0.1) is 0 Å². The number of nitrogens with one attached hydrogen (secondary N) is 1. The van der Waals surface area contributed by atoms with Crippen molar-refractivity contribution in [1.29, 1.82) is 0 Å². The molecule has 0 aliphatic carbocycles. The molecule has 0 rings (SSSR count). The van der Waals surface area contributed by atoms with Crippen LogP contribution in [0.2, 0.25) is 0 Å². The van der Waals surface area contributed by atoms with E-state index in [2.05, 4.69) is 5.32 Å². The number of carboxylic acids is 1. The zero-order valence-electron chi connectivity index (χ0n) is 10.9. The second kappa shape index (κ2) is 7.89. The van der Waals surface area contributed by atoms with Crippen LogP contribution in [0, 0.1) is 0 Å². The first-order chi connectivity index (χ1) is 7.90. The number of nitrogens with zero attached hydrogens (tertiary/aromatic N) is 1. The van der Waals surface area contributed by atoms with Gasteiger partial charge in [0.15, 0.2) is 0 Å². The summed E-state index contributed by atoms with van der Waals surface area (Å²) in [7, 11) is 3.19. The number of carbonyl (C=O) groups is 2. The highest BCUT2D eigenvalue weighted by Crippen LogP contribution is 2.01. The molecule has 0 radical (unpaired) electrons. The fraction of sp³-hybridized carbons (Fsp3) is 0.818. The van der Waals surface area contributed by atoms with Crippen LogP contribution in [0.15, 0.2) is 0 Å². The first kappa shape index (κ1) is 15.7. The van der Waals surface area contributed by atoms with Gasteiger partial charge in [-0.25, -0.2) is 9.59 Å². The van der Waals surface area contributed by atoms with Gasteiger partial charge in [0, 0.05) is 26.8 Å². The van der Waals surface area contributed by atoms with Crippen molar-refractivity contribution in [3.05, 3.63) is 0 Å². The Morgan fingerprint density at radius 3 is 2.41 bits per heavy atom. The normalized spacial score (nSPS) is 12.3. The SMILES string of the molecule is COCCCC(NC(=O)N(C)C(C)C)C(=O)O. The van der Waals surface area contributed by atoms with Gasteiger partial charge in [0.2, 0.25) is 0 Å². The van der Waals surface area contributed by atoms with Crippen molar-refractivity contribution < 1.29 is 19.4 Å². The number of hydrogen-bond donors (Lipinski definition) is 2. The van der Waals surface area contributed by atoms with Gasteiger partial charge in [-0.2, -0.15) is 0 Å². The third-order valence-corrected chi connectivity index (χ3v) is 2.53. The first-order valence-corrected chi connectivity index (χ1v) is 5.65. The first-order valence-electron chi connectivity index (χ1n) is 5.65. The highest BCUT2D eigenvalue weighted by Gasteiger charge is 2.22. The van der Waals surface area contributed by atoms with E-state index in [0.717, 1.165) is 0 Å². The second-order valence-electron chi connectivity index (χ2n) is 4.18. The van der Waals surface area contributed by atoms with Crippen LogP contribution in [0.4, 0.5) is 4.79 Å². The van der Waals surface area contributed by atoms with Gasteiger partial charge >= 0.3 is 12.0 Å².